The molecular formula is C28H17F3N4O3. The summed E-state index contributed by atoms with van der Waals surface area (Å²) in [5.74, 6) is 0.253. The SMILES string of the molecule is O=c1c(-c2ccco2)nc2ccccc2n1/C=C(/c1ccc(C(F)(F)F)cc1)n1c(=O)[nH]c2ccccc21. The molecule has 0 radical (unpaired) electrons. The van der Waals surface area contributed by atoms with Gasteiger partial charge in [0.25, 0.3) is 5.56 Å². The average Bonchev–Trinajstić information content (AvgIpc) is 3.55. The lowest BCUT2D eigenvalue weighted by atomic mass is 10.1. The summed E-state index contributed by atoms with van der Waals surface area (Å²) in [6.07, 6.45) is -1.68. The molecule has 0 aliphatic carbocycles. The van der Waals surface area contributed by atoms with Gasteiger partial charge in [0, 0.05) is 11.8 Å². The minimum atomic E-state index is -4.53. The molecule has 1 N–H and O–H groups in total. The minimum absolute atomic E-state index is 0.0444. The Kier molecular flexibility index (Phi) is 5.37. The molecule has 0 spiro atoms. The van der Waals surface area contributed by atoms with E-state index < -0.39 is 23.0 Å². The molecule has 0 amide bonds. The Morgan fingerprint density at radius 1 is 0.868 bits per heavy atom. The number of imidazole rings is 1. The van der Waals surface area contributed by atoms with Crippen molar-refractivity contribution in [2.75, 3.05) is 0 Å². The molecule has 0 fully saturated rings. The number of aromatic nitrogens is 4. The Hall–Kier alpha value is -5.12. The van der Waals surface area contributed by atoms with Gasteiger partial charge in [0.2, 0.25) is 0 Å². The van der Waals surface area contributed by atoms with Crippen molar-refractivity contribution in [1.82, 2.24) is 19.1 Å². The van der Waals surface area contributed by atoms with Crippen LogP contribution in [0.5, 0.6) is 0 Å². The lowest BCUT2D eigenvalue weighted by Gasteiger charge is -2.14. The van der Waals surface area contributed by atoms with Gasteiger partial charge in [-0.2, -0.15) is 13.2 Å². The number of hydrogen-bond donors (Lipinski definition) is 1. The van der Waals surface area contributed by atoms with Gasteiger partial charge in [-0.05, 0) is 48.5 Å². The number of halogens is 3. The van der Waals surface area contributed by atoms with Crippen LogP contribution in [0.15, 0.2) is 105 Å². The van der Waals surface area contributed by atoms with Gasteiger partial charge in [-0.1, -0.05) is 36.4 Å². The quantitative estimate of drug-likeness (QED) is 0.321. The lowest BCUT2D eigenvalue weighted by molar-refractivity contribution is -0.137. The molecule has 0 saturated heterocycles. The first-order valence-corrected chi connectivity index (χ1v) is 11.5. The fourth-order valence-corrected chi connectivity index (χ4v) is 4.36. The van der Waals surface area contributed by atoms with Gasteiger partial charge in [-0.3, -0.25) is 13.9 Å². The van der Waals surface area contributed by atoms with E-state index in [1.165, 1.54) is 33.7 Å². The second kappa shape index (κ2) is 8.77. The predicted molar refractivity (Wildman–Crippen MR) is 137 cm³/mol. The van der Waals surface area contributed by atoms with Crippen LogP contribution in [0.2, 0.25) is 0 Å². The third-order valence-electron chi connectivity index (χ3n) is 6.14. The van der Waals surface area contributed by atoms with Crippen LogP contribution in [0.3, 0.4) is 0 Å². The second-order valence-electron chi connectivity index (χ2n) is 8.47. The first-order chi connectivity index (χ1) is 18.3. The molecule has 3 heterocycles. The molecule has 3 aromatic carbocycles. The molecular weight excluding hydrogens is 497 g/mol. The summed E-state index contributed by atoms with van der Waals surface area (Å²) in [5, 5.41) is 0. The Bertz CT molecular complexity index is 1940. The van der Waals surface area contributed by atoms with Crippen molar-refractivity contribution in [1.29, 1.82) is 0 Å². The predicted octanol–water partition coefficient (Wildman–Crippen LogP) is 5.82. The van der Waals surface area contributed by atoms with E-state index in [0.29, 0.717) is 22.1 Å². The van der Waals surface area contributed by atoms with E-state index in [-0.39, 0.29) is 22.7 Å². The second-order valence-corrected chi connectivity index (χ2v) is 8.47. The topological polar surface area (TPSA) is 85.8 Å². The van der Waals surface area contributed by atoms with Crippen molar-refractivity contribution in [3.8, 4) is 11.5 Å². The number of hydrogen-bond acceptors (Lipinski definition) is 4. The van der Waals surface area contributed by atoms with E-state index in [0.717, 1.165) is 12.1 Å². The number of nitrogens with one attached hydrogen (secondary N) is 1. The van der Waals surface area contributed by atoms with Crippen LogP contribution in [-0.2, 0) is 6.18 Å². The smallest absolute Gasteiger partial charge is 0.416 e. The number of alkyl halides is 3. The molecule has 0 saturated carbocycles. The standard InChI is InChI=1S/C28H17F3N4O3/c29-28(30,31)18-13-11-17(12-14-18)23(35-22-9-4-2-7-20(22)33-27(35)37)16-34-21-8-3-1-6-19(21)32-25(26(34)36)24-10-5-15-38-24/h1-16H,(H,33,37)/b23-16-. The third kappa shape index (κ3) is 3.92. The highest BCUT2D eigenvalue weighted by Gasteiger charge is 2.30. The van der Waals surface area contributed by atoms with E-state index in [2.05, 4.69) is 9.97 Å². The van der Waals surface area contributed by atoms with Crippen LogP contribution in [0, 0.1) is 0 Å². The van der Waals surface area contributed by atoms with Gasteiger partial charge in [-0.15, -0.1) is 0 Å². The number of aromatic amines is 1. The number of H-pyrrole nitrogens is 1. The highest BCUT2D eigenvalue weighted by atomic mass is 19.4. The zero-order valence-electron chi connectivity index (χ0n) is 19.4. The molecule has 0 atom stereocenters. The molecule has 0 bridgehead atoms. The molecule has 6 rings (SSSR count). The van der Waals surface area contributed by atoms with E-state index in [4.69, 9.17) is 4.42 Å². The number of para-hydroxylation sites is 4. The minimum Gasteiger partial charge on any atom is -0.463 e. The molecule has 0 aliphatic rings. The zero-order valence-corrected chi connectivity index (χ0v) is 19.4. The fourth-order valence-electron chi connectivity index (χ4n) is 4.36. The Morgan fingerprint density at radius 2 is 1.58 bits per heavy atom. The zero-order chi connectivity index (χ0) is 26.4. The molecule has 3 aromatic heterocycles. The van der Waals surface area contributed by atoms with Gasteiger partial charge in [0.1, 0.15) is 0 Å². The number of benzene rings is 3. The molecule has 38 heavy (non-hydrogen) atoms. The van der Waals surface area contributed by atoms with E-state index in [9.17, 15) is 22.8 Å². The van der Waals surface area contributed by atoms with Gasteiger partial charge >= 0.3 is 11.9 Å². The normalized spacial score (nSPS) is 12.4. The van der Waals surface area contributed by atoms with Crippen molar-refractivity contribution < 1.29 is 17.6 Å². The summed E-state index contributed by atoms with van der Waals surface area (Å²) in [6.45, 7) is 0. The van der Waals surface area contributed by atoms with Crippen LogP contribution in [0.25, 0.3) is 45.4 Å². The summed E-state index contributed by atoms with van der Waals surface area (Å²) < 4.78 is 47.9. The summed E-state index contributed by atoms with van der Waals surface area (Å²) in [4.78, 5) is 34.1. The van der Waals surface area contributed by atoms with Gasteiger partial charge < -0.3 is 9.40 Å². The number of fused-ring (bicyclic) bond motifs is 2. The molecule has 0 aliphatic heterocycles. The van der Waals surface area contributed by atoms with Crippen LogP contribution >= 0.6 is 0 Å². The molecule has 188 valence electrons. The van der Waals surface area contributed by atoms with Gasteiger partial charge in [0.05, 0.1) is 39.6 Å². The summed E-state index contributed by atoms with van der Waals surface area (Å²) in [7, 11) is 0. The van der Waals surface area contributed by atoms with Crippen molar-refractivity contribution >= 4 is 34.0 Å². The molecule has 6 aromatic rings. The first kappa shape index (κ1) is 23.3. The molecule has 0 unspecified atom stereocenters. The Balaban J connectivity index is 1.69. The summed E-state index contributed by atoms with van der Waals surface area (Å²) in [5.41, 5.74) is 0.562. The Morgan fingerprint density at radius 3 is 2.29 bits per heavy atom. The van der Waals surface area contributed by atoms with Gasteiger partial charge in [-0.25, -0.2) is 9.78 Å². The highest BCUT2D eigenvalue weighted by Crippen LogP contribution is 2.31. The van der Waals surface area contributed by atoms with E-state index in [1.807, 2.05) is 0 Å². The lowest BCUT2D eigenvalue weighted by Crippen LogP contribution is -2.22. The molecule has 7 nitrogen and oxygen atoms in total. The van der Waals surface area contributed by atoms with Crippen molar-refractivity contribution in [3.63, 3.8) is 0 Å². The maximum absolute atomic E-state index is 13.7. The van der Waals surface area contributed by atoms with Crippen LogP contribution in [-0.4, -0.2) is 19.1 Å². The first-order valence-electron chi connectivity index (χ1n) is 11.5. The number of nitrogens with zero attached hydrogens (tertiary/aromatic N) is 3. The summed E-state index contributed by atoms with van der Waals surface area (Å²) >= 11 is 0. The fraction of sp³-hybridized carbons (Fsp3) is 0.0357. The maximum Gasteiger partial charge on any atom is 0.416 e. The van der Waals surface area contributed by atoms with E-state index >= 15 is 0 Å². The van der Waals surface area contributed by atoms with Crippen molar-refractivity contribution in [2.24, 2.45) is 0 Å². The van der Waals surface area contributed by atoms with E-state index in [1.54, 1.807) is 60.7 Å². The number of furan rings is 1. The average molecular weight is 514 g/mol. The number of rotatable bonds is 4. The van der Waals surface area contributed by atoms with Gasteiger partial charge in [0.15, 0.2) is 11.5 Å². The highest BCUT2D eigenvalue weighted by molar-refractivity contribution is 5.88. The van der Waals surface area contributed by atoms with Crippen molar-refractivity contribution in [3.05, 3.63) is 123 Å². The monoisotopic (exact) mass is 514 g/mol. The van der Waals surface area contributed by atoms with Crippen LogP contribution in [0.4, 0.5) is 13.2 Å². The molecule has 10 heteroatoms. The largest absolute Gasteiger partial charge is 0.463 e. The Labute approximate surface area is 211 Å². The van der Waals surface area contributed by atoms with Crippen LogP contribution in [0.1, 0.15) is 11.1 Å². The summed E-state index contributed by atoms with van der Waals surface area (Å²) in [6, 6.07) is 21.4. The van der Waals surface area contributed by atoms with Crippen molar-refractivity contribution in [2.45, 2.75) is 6.18 Å². The maximum atomic E-state index is 13.7. The van der Waals surface area contributed by atoms with Crippen LogP contribution < -0.4 is 11.2 Å². The third-order valence-corrected chi connectivity index (χ3v) is 6.14.